The van der Waals surface area contributed by atoms with Gasteiger partial charge in [-0.05, 0) is 43.2 Å². The summed E-state index contributed by atoms with van der Waals surface area (Å²) >= 11 is 1.39. The van der Waals surface area contributed by atoms with Crippen LogP contribution < -0.4 is 5.32 Å². The van der Waals surface area contributed by atoms with Gasteiger partial charge >= 0.3 is 0 Å². The van der Waals surface area contributed by atoms with Crippen molar-refractivity contribution in [2.75, 3.05) is 18.4 Å². The molecule has 0 bridgehead atoms. The van der Waals surface area contributed by atoms with Crippen molar-refractivity contribution in [3.8, 4) is 0 Å². The molecule has 1 aliphatic heterocycles. The van der Waals surface area contributed by atoms with E-state index in [-0.39, 0.29) is 17.6 Å². The van der Waals surface area contributed by atoms with Crippen LogP contribution in [0.15, 0.2) is 41.9 Å². The molecule has 0 unspecified atom stereocenters. The Bertz CT molecular complexity index is 1230. The van der Waals surface area contributed by atoms with Crippen molar-refractivity contribution in [2.45, 2.75) is 25.8 Å². The number of carbonyl (C=O) groups excluding carboxylic acids is 1. The lowest BCUT2D eigenvalue weighted by atomic mass is 10.0. The third kappa shape index (κ3) is 3.88. The normalized spacial score (nSPS) is 16.2. The van der Waals surface area contributed by atoms with Crippen molar-refractivity contribution in [1.29, 1.82) is 0 Å². The molecular formula is C22H21FN6OS. The molecule has 7 nitrogen and oxygen atoms in total. The van der Waals surface area contributed by atoms with Gasteiger partial charge in [-0.25, -0.2) is 14.4 Å². The zero-order valence-corrected chi connectivity index (χ0v) is 17.7. The molecule has 2 N–H and O–H groups in total. The van der Waals surface area contributed by atoms with Crippen LogP contribution in [0.3, 0.4) is 0 Å². The average Bonchev–Trinajstić information content (AvgIpc) is 3.52. The molecule has 158 valence electrons. The number of hydrogen-bond acceptors (Lipinski definition) is 6. The van der Waals surface area contributed by atoms with Crippen LogP contribution in [-0.2, 0) is 6.54 Å². The number of nitrogens with zero attached hydrogens (tertiary/aromatic N) is 4. The molecule has 1 atom stereocenters. The van der Waals surface area contributed by atoms with Crippen molar-refractivity contribution in [2.24, 2.45) is 0 Å². The van der Waals surface area contributed by atoms with Crippen LogP contribution in [-0.4, -0.2) is 44.1 Å². The number of anilines is 1. The predicted octanol–water partition coefficient (Wildman–Crippen LogP) is 4.10. The molecule has 0 radical (unpaired) electrons. The summed E-state index contributed by atoms with van der Waals surface area (Å²) in [6.07, 6.45) is 0.881. The van der Waals surface area contributed by atoms with E-state index in [0.29, 0.717) is 31.1 Å². The van der Waals surface area contributed by atoms with Crippen molar-refractivity contribution in [3.63, 3.8) is 0 Å². The average molecular weight is 437 g/mol. The van der Waals surface area contributed by atoms with Crippen molar-refractivity contribution < 1.29 is 9.18 Å². The standard InChI is InChI=1S/C22H21FN6OS/c1-13-19(31-12-25-13)22(30)29-9-8-15(11-29)18-7-6-17-20(27-28-21(17)26-18)24-10-14-2-4-16(23)5-3-14/h2-7,12,15H,8-11H2,1H3,(H2,24,26,27,28)/t15-/m1/s1. The molecule has 1 fully saturated rings. The number of amides is 1. The van der Waals surface area contributed by atoms with Crippen LogP contribution in [0.1, 0.15) is 39.0 Å². The van der Waals surface area contributed by atoms with E-state index in [4.69, 9.17) is 4.98 Å². The first kappa shape index (κ1) is 19.6. The van der Waals surface area contributed by atoms with E-state index in [1.165, 1.54) is 23.5 Å². The van der Waals surface area contributed by atoms with Gasteiger partial charge in [0, 0.05) is 31.2 Å². The van der Waals surface area contributed by atoms with Crippen molar-refractivity contribution in [3.05, 3.63) is 69.6 Å². The second kappa shape index (κ2) is 8.07. The minimum atomic E-state index is -0.250. The van der Waals surface area contributed by atoms with Gasteiger partial charge in [0.25, 0.3) is 5.91 Å². The number of likely N-dealkylation sites (tertiary alicyclic amines) is 1. The topological polar surface area (TPSA) is 86.8 Å². The molecule has 31 heavy (non-hydrogen) atoms. The number of hydrogen-bond donors (Lipinski definition) is 2. The molecule has 4 heterocycles. The van der Waals surface area contributed by atoms with E-state index in [0.717, 1.165) is 33.6 Å². The van der Waals surface area contributed by atoms with Crippen LogP contribution in [0.5, 0.6) is 0 Å². The Morgan fingerprint density at radius 1 is 1.29 bits per heavy atom. The number of benzene rings is 1. The first-order valence-corrected chi connectivity index (χ1v) is 11.0. The number of halogens is 1. The van der Waals surface area contributed by atoms with Crippen LogP contribution in [0, 0.1) is 12.7 Å². The van der Waals surface area contributed by atoms with Gasteiger partial charge in [-0.1, -0.05) is 12.1 Å². The third-order valence-corrected chi connectivity index (χ3v) is 6.57. The fourth-order valence-corrected chi connectivity index (χ4v) is 4.68. The summed E-state index contributed by atoms with van der Waals surface area (Å²) in [5.41, 5.74) is 5.14. The SMILES string of the molecule is Cc1ncsc1C(=O)N1CC[C@@H](c2ccc3c(NCc4ccc(F)cc4)n[nH]c3n2)C1. The van der Waals surface area contributed by atoms with Gasteiger partial charge in [0.1, 0.15) is 10.7 Å². The van der Waals surface area contributed by atoms with E-state index < -0.39 is 0 Å². The Labute approximate surface area is 182 Å². The Hall–Kier alpha value is -3.33. The van der Waals surface area contributed by atoms with Gasteiger partial charge in [-0.15, -0.1) is 11.3 Å². The Morgan fingerprint density at radius 3 is 2.90 bits per heavy atom. The summed E-state index contributed by atoms with van der Waals surface area (Å²) in [5.74, 6) is 0.709. The maximum absolute atomic E-state index is 13.1. The second-order valence-electron chi connectivity index (χ2n) is 7.69. The first-order chi connectivity index (χ1) is 15.1. The van der Waals surface area contributed by atoms with Crippen LogP contribution >= 0.6 is 11.3 Å². The zero-order valence-electron chi connectivity index (χ0n) is 16.9. The maximum Gasteiger partial charge on any atom is 0.265 e. The maximum atomic E-state index is 13.1. The highest BCUT2D eigenvalue weighted by Crippen LogP contribution is 2.30. The van der Waals surface area contributed by atoms with E-state index in [1.54, 1.807) is 17.6 Å². The molecule has 0 spiro atoms. The quantitative estimate of drug-likeness (QED) is 0.492. The van der Waals surface area contributed by atoms with Crippen LogP contribution in [0.4, 0.5) is 10.2 Å². The highest BCUT2D eigenvalue weighted by molar-refractivity contribution is 7.11. The van der Waals surface area contributed by atoms with Gasteiger partial charge in [0.15, 0.2) is 11.5 Å². The number of thiazole rings is 1. The molecule has 1 saturated heterocycles. The van der Waals surface area contributed by atoms with Gasteiger partial charge < -0.3 is 10.2 Å². The van der Waals surface area contributed by atoms with Crippen LogP contribution in [0.2, 0.25) is 0 Å². The lowest BCUT2D eigenvalue weighted by Gasteiger charge is -2.15. The van der Waals surface area contributed by atoms with Crippen LogP contribution in [0.25, 0.3) is 11.0 Å². The zero-order chi connectivity index (χ0) is 21.4. The summed E-state index contributed by atoms with van der Waals surface area (Å²) in [5, 5.41) is 11.5. The van der Waals surface area contributed by atoms with E-state index in [1.807, 2.05) is 24.0 Å². The van der Waals surface area contributed by atoms with Gasteiger partial charge in [-0.2, -0.15) is 5.10 Å². The first-order valence-electron chi connectivity index (χ1n) is 10.1. The van der Waals surface area contributed by atoms with Gasteiger partial charge in [-0.3, -0.25) is 9.89 Å². The molecule has 9 heteroatoms. The Balaban J connectivity index is 1.28. The molecule has 1 aliphatic rings. The second-order valence-corrected chi connectivity index (χ2v) is 8.54. The highest BCUT2D eigenvalue weighted by Gasteiger charge is 2.30. The number of aromatic amines is 1. The largest absolute Gasteiger partial charge is 0.364 e. The summed E-state index contributed by atoms with van der Waals surface area (Å²) in [4.78, 5) is 24.3. The lowest BCUT2D eigenvalue weighted by molar-refractivity contribution is 0.0794. The number of rotatable bonds is 5. The molecular weight excluding hydrogens is 415 g/mol. The minimum Gasteiger partial charge on any atom is -0.364 e. The fourth-order valence-electron chi connectivity index (χ4n) is 3.91. The Kier molecular flexibility index (Phi) is 5.11. The molecule has 5 rings (SSSR count). The predicted molar refractivity (Wildman–Crippen MR) is 118 cm³/mol. The van der Waals surface area contributed by atoms with E-state index in [9.17, 15) is 9.18 Å². The third-order valence-electron chi connectivity index (χ3n) is 5.65. The molecule has 0 saturated carbocycles. The highest BCUT2D eigenvalue weighted by atomic mass is 32.1. The number of aromatic nitrogens is 4. The van der Waals surface area contributed by atoms with E-state index in [2.05, 4.69) is 20.5 Å². The molecule has 4 aromatic rings. The van der Waals surface area contributed by atoms with Gasteiger partial charge in [0.2, 0.25) is 0 Å². The lowest BCUT2D eigenvalue weighted by Crippen LogP contribution is -2.28. The summed E-state index contributed by atoms with van der Waals surface area (Å²) < 4.78 is 13.1. The number of fused-ring (bicyclic) bond motifs is 1. The number of carbonyl (C=O) groups is 1. The number of pyridine rings is 1. The molecule has 0 aliphatic carbocycles. The van der Waals surface area contributed by atoms with Gasteiger partial charge in [0.05, 0.1) is 16.6 Å². The molecule has 3 aromatic heterocycles. The Morgan fingerprint density at radius 2 is 2.13 bits per heavy atom. The van der Waals surface area contributed by atoms with Crippen molar-refractivity contribution in [1.82, 2.24) is 25.1 Å². The summed E-state index contributed by atoms with van der Waals surface area (Å²) in [6.45, 7) is 3.78. The molecule has 1 amide bonds. The number of nitrogens with one attached hydrogen (secondary N) is 2. The monoisotopic (exact) mass is 436 g/mol. The number of aryl methyl sites for hydroxylation is 1. The molecule has 1 aromatic carbocycles. The van der Waals surface area contributed by atoms with Crippen molar-refractivity contribution >= 4 is 34.1 Å². The summed E-state index contributed by atoms with van der Waals surface area (Å²) in [6, 6.07) is 10.4. The smallest absolute Gasteiger partial charge is 0.265 e. The van der Waals surface area contributed by atoms with E-state index >= 15 is 0 Å². The number of H-pyrrole nitrogens is 1. The summed E-state index contributed by atoms with van der Waals surface area (Å²) in [7, 11) is 0. The minimum absolute atomic E-state index is 0.0531. The fraction of sp³-hybridized carbons (Fsp3) is 0.273.